The van der Waals surface area contributed by atoms with Crippen molar-refractivity contribution >= 4 is 11.3 Å². The minimum Gasteiger partial charge on any atom is -0.461 e. The summed E-state index contributed by atoms with van der Waals surface area (Å²) in [7, 11) is 0. The third-order valence-corrected chi connectivity index (χ3v) is 3.57. The Kier molecular flexibility index (Phi) is 4.49. The third kappa shape index (κ3) is 3.40. The first-order chi connectivity index (χ1) is 8.66. The predicted molar refractivity (Wildman–Crippen MR) is 73.8 cm³/mol. The van der Waals surface area contributed by atoms with Gasteiger partial charge in [-0.15, -0.1) is 10.2 Å². The largest absolute Gasteiger partial charge is 0.461 e. The van der Waals surface area contributed by atoms with Gasteiger partial charge in [0.2, 0.25) is 0 Å². The van der Waals surface area contributed by atoms with Crippen LogP contribution in [0.15, 0.2) is 16.7 Å². The molecule has 0 bridgehead atoms. The van der Waals surface area contributed by atoms with Crippen molar-refractivity contribution in [2.75, 3.05) is 13.1 Å². The summed E-state index contributed by atoms with van der Waals surface area (Å²) >= 11 is 1.61. The summed E-state index contributed by atoms with van der Waals surface area (Å²) in [5.74, 6) is 1.52. The second kappa shape index (κ2) is 6.11. The zero-order valence-corrected chi connectivity index (χ0v) is 11.9. The Morgan fingerprint density at radius 3 is 2.89 bits per heavy atom. The van der Waals surface area contributed by atoms with Crippen LogP contribution in [0.4, 0.5) is 0 Å². The molecule has 0 aromatic carbocycles. The number of furan rings is 1. The molecule has 0 radical (unpaired) electrons. The highest BCUT2D eigenvalue weighted by Crippen LogP contribution is 2.27. The molecular weight excluding hydrogens is 246 g/mol. The number of aryl methyl sites for hydroxylation is 1. The van der Waals surface area contributed by atoms with Crippen LogP contribution in [0.2, 0.25) is 0 Å². The highest BCUT2D eigenvalue weighted by molar-refractivity contribution is 7.14. The van der Waals surface area contributed by atoms with Gasteiger partial charge in [-0.2, -0.15) is 0 Å². The molecule has 0 atom stereocenters. The van der Waals surface area contributed by atoms with Gasteiger partial charge in [0.05, 0.1) is 6.26 Å². The molecule has 0 saturated heterocycles. The number of nitrogens with one attached hydrogen (secondary N) is 1. The molecule has 2 aromatic heterocycles. The Morgan fingerprint density at radius 1 is 1.39 bits per heavy atom. The molecule has 0 unspecified atom stereocenters. The number of hydrogen-bond acceptors (Lipinski definition) is 5. The molecule has 0 aliphatic heterocycles. The summed E-state index contributed by atoms with van der Waals surface area (Å²) in [6.45, 7) is 8.42. The van der Waals surface area contributed by atoms with E-state index in [9.17, 15) is 0 Å². The fourth-order valence-electron chi connectivity index (χ4n) is 1.62. The van der Waals surface area contributed by atoms with Crippen molar-refractivity contribution in [2.24, 2.45) is 5.92 Å². The van der Waals surface area contributed by atoms with Crippen LogP contribution >= 0.6 is 11.3 Å². The van der Waals surface area contributed by atoms with E-state index in [1.165, 1.54) is 0 Å². The number of aromatic nitrogens is 2. The lowest BCUT2D eigenvalue weighted by Crippen LogP contribution is -2.22. The van der Waals surface area contributed by atoms with E-state index >= 15 is 0 Å². The molecule has 2 aromatic rings. The first kappa shape index (κ1) is 13.2. The SMILES string of the molecule is Cc1ccoc1-c1nnc(CCNCC(C)C)s1. The Hall–Kier alpha value is -1.20. The van der Waals surface area contributed by atoms with Gasteiger partial charge < -0.3 is 9.73 Å². The van der Waals surface area contributed by atoms with Crippen LogP contribution in [0.25, 0.3) is 10.8 Å². The van der Waals surface area contributed by atoms with E-state index in [0.717, 1.165) is 40.8 Å². The summed E-state index contributed by atoms with van der Waals surface area (Å²) in [5.41, 5.74) is 1.11. The molecule has 5 heteroatoms. The van der Waals surface area contributed by atoms with E-state index in [0.29, 0.717) is 5.92 Å². The molecule has 4 nitrogen and oxygen atoms in total. The average Bonchev–Trinajstić information content (AvgIpc) is 2.92. The van der Waals surface area contributed by atoms with Crippen molar-refractivity contribution in [3.8, 4) is 10.8 Å². The van der Waals surface area contributed by atoms with Gasteiger partial charge in [-0.05, 0) is 31.0 Å². The van der Waals surface area contributed by atoms with Crippen LogP contribution in [0.1, 0.15) is 24.4 Å². The minimum absolute atomic E-state index is 0.681. The Morgan fingerprint density at radius 2 is 2.22 bits per heavy atom. The van der Waals surface area contributed by atoms with E-state index in [4.69, 9.17) is 4.42 Å². The van der Waals surface area contributed by atoms with Crippen molar-refractivity contribution < 1.29 is 4.42 Å². The van der Waals surface area contributed by atoms with Crippen molar-refractivity contribution in [1.82, 2.24) is 15.5 Å². The molecule has 0 amide bonds. The summed E-state index contributed by atoms with van der Waals surface area (Å²) in [4.78, 5) is 0. The molecule has 0 aliphatic rings. The molecule has 1 N–H and O–H groups in total. The zero-order valence-electron chi connectivity index (χ0n) is 11.1. The van der Waals surface area contributed by atoms with Crippen LogP contribution in [0, 0.1) is 12.8 Å². The van der Waals surface area contributed by atoms with Crippen molar-refractivity contribution in [3.63, 3.8) is 0 Å². The third-order valence-electron chi connectivity index (χ3n) is 2.59. The fourth-order valence-corrected chi connectivity index (χ4v) is 2.52. The van der Waals surface area contributed by atoms with Crippen molar-refractivity contribution in [3.05, 3.63) is 22.9 Å². The quantitative estimate of drug-likeness (QED) is 0.816. The maximum Gasteiger partial charge on any atom is 0.183 e. The van der Waals surface area contributed by atoms with Gasteiger partial charge in [0.15, 0.2) is 10.8 Å². The van der Waals surface area contributed by atoms with Crippen LogP contribution in [0.5, 0.6) is 0 Å². The fraction of sp³-hybridized carbons (Fsp3) is 0.538. The second-order valence-electron chi connectivity index (χ2n) is 4.78. The molecule has 0 saturated carbocycles. The standard InChI is InChI=1S/C13H19N3OS/c1-9(2)8-14-6-4-11-15-16-13(18-11)12-10(3)5-7-17-12/h5,7,9,14H,4,6,8H2,1-3H3. The van der Waals surface area contributed by atoms with Gasteiger partial charge in [0, 0.05) is 13.0 Å². The van der Waals surface area contributed by atoms with E-state index in [1.54, 1.807) is 17.6 Å². The normalized spacial score (nSPS) is 11.3. The smallest absolute Gasteiger partial charge is 0.183 e. The highest BCUT2D eigenvalue weighted by atomic mass is 32.1. The van der Waals surface area contributed by atoms with Crippen molar-refractivity contribution in [2.45, 2.75) is 27.2 Å². The Balaban J connectivity index is 1.89. The highest BCUT2D eigenvalue weighted by Gasteiger charge is 2.11. The van der Waals surface area contributed by atoms with Gasteiger partial charge in [0.1, 0.15) is 5.01 Å². The number of hydrogen-bond donors (Lipinski definition) is 1. The molecule has 18 heavy (non-hydrogen) atoms. The van der Waals surface area contributed by atoms with E-state index in [2.05, 4.69) is 29.4 Å². The molecule has 98 valence electrons. The number of rotatable bonds is 6. The monoisotopic (exact) mass is 265 g/mol. The van der Waals surface area contributed by atoms with Crippen LogP contribution in [0.3, 0.4) is 0 Å². The lowest BCUT2D eigenvalue weighted by molar-refractivity contribution is 0.553. The van der Waals surface area contributed by atoms with Crippen molar-refractivity contribution in [1.29, 1.82) is 0 Å². The Labute approximate surface area is 111 Å². The maximum atomic E-state index is 5.41. The molecule has 0 aliphatic carbocycles. The topological polar surface area (TPSA) is 51.0 Å². The van der Waals surface area contributed by atoms with Gasteiger partial charge in [0.25, 0.3) is 0 Å². The molecule has 2 rings (SSSR count). The molecule has 0 spiro atoms. The van der Waals surface area contributed by atoms with Gasteiger partial charge in [-0.1, -0.05) is 25.2 Å². The van der Waals surface area contributed by atoms with Gasteiger partial charge in [-0.25, -0.2) is 0 Å². The lowest BCUT2D eigenvalue weighted by Gasteiger charge is -2.04. The molecule has 0 fully saturated rings. The second-order valence-corrected chi connectivity index (χ2v) is 5.84. The maximum absolute atomic E-state index is 5.41. The van der Waals surface area contributed by atoms with Crippen LogP contribution in [-0.4, -0.2) is 23.3 Å². The van der Waals surface area contributed by atoms with Gasteiger partial charge in [-0.3, -0.25) is 0 Å². The minimum atomic E-state index is 0.681. The van der Waals surface area contributed by atoms with E-state index in [1.807, 2.05) is 13.0 Å². The first-order valence-corrected chi connectivity index (χ1v) is 7.06. The average molecular weight is 265 g/mol. The summed E-state index contributed by atoms with van der Waals surface area (Å²) in [5, 5.41) is 13.7. The Bertz CT molecular complexity index is 490. The first-order valence-electron chi connectivity index (χ1n) is 6.24. The predicted octanol–water partition coefficient (Wildman–Crippen LogP) is 2.89. The van der Waals surface area contributed by atoms with E-state index in [-0.39, 0.29) is 0 Å². The zero-order chi connectivity index (χ0) is 13.0. The van der Waals surface area contributed by atoms with Crippen LogP contribution in [-0.2, 0) is 6.42 Å². The summed E-state index contributed by atoms with van der Waals surface area (Å²) in [6, 6.07) is 1.95. The lowest BCUT2D eigenvalue weighted by atomic mass is 10.2. The van der Waals surface area contributed by atoms with E-state index < -0.39 is 0 Å². The van der Waals surface area contributed by atoms with Crippen LogP contribution < -0.4 is 5.32 Å². The number of nitrogens with zero attached hydrogens (tertiary/aromatic N) is 2. The summed E-state index contributed by atoms with van der Waals surface area (Å²) < 4.78 is 5.41. The molecule has 2 heterocycles. The summed E-state index contributed by atoms with van der Waals surface area (Å²) in [6.07, 6.45) is 2.61. The van der Waals surface area contributed by atoms with Gasteiger partial charge >= 0.3 is 0 Å². The molecular formula is C13H19N3OS.